The van der Waals surface area contributed by atoms with Crippen molar-refractivity contribution >= 4 is 11.8 Å². The number of hydrogen-bond donors (Lipinski definition) is 1. The van der Waals surface area contributed by atoms with E-state index in [0.717, 1.165) is 5.56 Å². The molecule has 0 radical (unpaired) electrons. The molecule has 2 aromatic carbocycles. The van der Waals surface area contributed by atoms with Crippen LogP contribution in [0.25, 0.3) is 0 Å². The minimum atomic E-state index is -0.314. The van der Waals surface area contributed by atoms with Gasteiger partial charge in [0.25, 0.3) is 5.91 Å². The Bertz CT molecular complexity index is 656. The van der Waals surface area contributed by atoms with Crippen molar-refractivity contribution in [1.82, 2.24) is 10.2 Å². The predicted octanol–water partition coefficient (Wildman–Crippen LogP) is 2.60. The Morgan fingerprint density at radius 2 is 1.70 bits per heavy atom. The maximum Gasteiger partial charge on any atom is 0.254 e. The highest BCUT2D eigenvalue weighted by molar-refractivity contribution is 5.96. The number of halogens is 1. The van der Waals surface area contributed by atoms with Gasteiger partial charge in [0.05, 0.1) is 6.54 Å². The van der Waals surface area contributed by atoms with Gasteiger partial charge in [-0.3, -0.25) is 9.59 Å². The van der Waals surface area contributed by atoms with Crippen molar-refractivity contribution < 1.29 is 14.0 Å². The van der Waals surface area contributed by atoms with Gasteiger partial charge in [0.1, 0.15) is 5.82 Å². The van der Waals surface area contributed by atoms with Gasteiger partial charge in [0.15, 0.2) is 0 Å². The van der Waals surface area contributed by atoms with E-state index in [1.54, 1.807) is 36.4 Å². The number of benzene rings is 2. The third-order valence-electron chi connectivity index (χ3n) is 3.43. The number of amides is 2. The predicted molar refractivity (Wildman–Crippen MR) is 86.3 cm³/mol. The summed E-state index contributed by atoms with van der Waals surface area (Å²) in [4.78, 5) is 25.8. The lowest BCUT2D eigenvalue weighted by Crippen LogP contribution is -2.40. The number of carbonyl (C=O) groups is 2. The summed E-state index contributed by atoms with van der Waals surface area (Å²) in [5, 5.41) is 2.73. The van der Waals surface area contributed by atoms with Gasteiger partial charge in [-0.25, -0.2) is 4.39 Å². The second kappa shape index (κ2) is 8.08. The average molecular weight is 314 g/mol. The molecule has 2 aromatic rings. The largest absolute Gasteiger partial charge is 0.350 e. The Balaban J connectivity index is 1.89. The molecule has 0 aromatic heterocycles. The number of likely N-dealkylation sites (N-methyl/N-ethyl adjacent to an activating group) is 1. The molecule has 0 saturated heterocycles. The zero-order valence-electron chi connectivity index (χ0n) is 13.0. The maximum absolute atomic E-state index is 12.8. The van der Waals surface area contributed by atoms with Gasteiger partial charge >= 0.3 is 0 Å². The van der Waals surface area contributed by atoms with Crippen LogP contribution in [0.4, 0.5) is 4.39 Å². The van der Waals surface area contributed by atoms with Gasteiger partial charge < -0.3 is 10.2 Å². The first kappa shape index (κ1) is 16.7. The molecule has 1 N–H and O–H groups in total. The van der Waals surface area contributed by atoms with Crippen LogP contribution in [0.1, 0.15) is 22.8 Å². The van der Waals surface area contributed by atoms with Crippen LogP contribution < -0.4 is 5.32 Å². The van der Waals surface area contributed by atoms with Gasteiger partial charge in [-0.15, -0.1) is 0 Å². The van der Waals surface area contributed by atoms with Crippen molar-refractivity contribution in [1.29, 1.82) is 0 Å². The first-order chi connectivity index (χ1) is 11.1. The van der Waals surface area contributed by atoms with Crippen molar-refractivity contribution in [3.63, 3.8) is 0 Å². The Morgan fingerprint density at radius 3 is 2.30 bits per heavy atom. The van der Waals surface area contributed by atoms with Crippen LogP contribution in [0, 0.1) is 5.82 Å². The summed E-state index contributed by atoms with van der Waals surface area (Å²) in [6.07, 6.45) is 0. The molecule has 0 aliphatic rings. The number of nitrogens with zero attached hydrogens (tertiary/aromatic N) is 1. The van der Waals surface area contributed by atoms with Gasteiger partial charge in [0, 0.05) is 18.7 Å². The molecule has 120 valence electrons. The summed E-state index contributed by atoms with van der Waals surface area (Å²) in [7, 11) is 0. The standard InChI is InChI=1S/C18H19FN2O2/c1-2-21(18(23)15-6-4-3-5-7-15)13-17(22)20-12-14-8-10-16(19)11-9-14/h3-11H,2,12-13H2,1H3,(H,20,22). The highest BCUT2D eigenvalue weighted by atomic mass is 19.1. The van der Waals surface area contributed by atoms with Crippen LogP contribution >= 0.6 is 0 Å². The Morgan fingerprint density at radius 1 is 1.04 bits per heavy atom. The summed E-state index contributed by atoms with van der Waals surface area (Å²) in [6, 6.07) is 14.8. The molecule has 4 nitrogen and oxygen atoms in total. The average Bonchev–Trinajstić information content (AvgIpc) is 2.59. The minimum Gasteiger partial charge on any atom is -0.350 e. The van der Waals surface area contributed by atoms with Crippen molar-refractivity contribution in [2.75, 3.05) is 13.1 Å². The Kier molecular flexibility index (Phi) is 5.86. The molecular formula is C18H19FN2O2. The number of rotatable bonds is 6. The van der Waals surface area contributed by atoms with Crippen molar-refractivity contribution in [3.05, 3.63) is 71.5 Å². The number of hydrogen-bond acceptors (Lipinski definition) is 2. The van der Waals surface area contributed by atoms with Gasteiger partial charge in [-0.2, -0.15) is 0 Å². The summed E-state index contributed by atoms with van der Waals surface area (Å²) in [5.74, 6) is -0.740. The van der Waals surface area contributed by atoms with Gasteiger partial charge in [-0.05, 0) is 36.8 Å². The fourth-order valence-electron chi connectivity index (χ4n) is 2.12. The highest BCUT2D eigenvalue weighted by Gasteiger charge is 2.16. The molecule has 0 fully saturated rings. The molecule has 0 bridgehead atoms. The second-order valence-corrected chi connectivity index (χ2v) is 5.09. The van der Waals surface area contributed by atoms with E-state index in [2.05, 4.69) is 5.32 Å². The summed E-state index contributed by atoms with van der Waals surface area (Å²) in [6.45, 7) is 2.56. The lowest BCUT2D eigenvalue weighted by molar-refractivity contribution is -0.121. The first-order valence-electron chi connectivity index (χ1n) is 7.45. The van der Waals surface area contributed by atoms with E-state index < -0.39 is 0 Å². The van der Waals surface area contributed by atoms with E-state index >= 15 is 0 Å². The van der Waals surface area contributed by atoms with Gasteiger partial charge in [0.2, 0.25) is 5.91 Å². The maximum atomic E-state index is 12.8. The third kappa shape index (κ3) is 4.92. The molecule has 23 heavy (non-hydrogen) atoms. The quantitative estimate of drug-likeness (QED) is 0.891. The van der Waals surface area contributed by atoms with Crippen molar-refractivity contribution in [2.24, 2.45) is 0 Å². The first-order valence-corrected chi connectivity index (χ1v) is 7.45. The van der Waals surface area contributed by atoms with Crippen molar-refractivity contribution in [2.45, 2.75) is 13.5 Å². The van der Waals surface area contributed by atoms with Crippen LogP contribution in [0.3, 0.4) is 0 Å². The molecule has 2 rings (SSSR count). The van der Waals surface area contributed by atoms with E-state index in [4.69, 9.17) is 0 Å². The molecule has 2 amide bonds. The number of carbonyl (C=O) groups excluding carboxylic acids is 2. The topological polar surface area (TPSA) is 49.4 Å². The summed E-state index contributed by atoms with van der Waals surface area (Å²) in [5.41, 5.74) is 1.36. The molecule has 0 aliphatic heterocycles. The third-order valence-corrected chi connectivity index (χ3v) is 3.43. The molecule has 5 heteroatoms. The Labute approximate surface area is 134 Å². The zero-order valence-corrected chi connectivity index (χ0v) is 13.0. The van der Waals surface area contributed by atoms with E-state index in [-0.39, 0.29) is 24.2 Å². The summed E-state index contributed by atoms with van der Waals surface area (Å²) >= 11 is 0. The van der Waals surface area contributed by atoms with Crippen LogP contribution in [0.2, 0.25) is 0 Å². The molecule has 0 atom stereocenters. The van der Waals surface area contributed by atoms with Crippen LogP contribution in [0.5, 0.6) is 0 Å². The smallest absolute Gasteiger partial charge is 0.254 e. The number of nitrogens with one attached hydrogen (secondary N) is 1. The SMILES string of the molecule is CCN(CC(=O)NCc1ccc(F)cc1)C(=O)c1ccccc1. The molecule has 0 heterocycles. The normalized spacial score (nSPS) is 10.2. The second-order valence-electron chi connectivity index (χ2n) is 5.09. The zero-order chi connectivity index (χ0) is 16.7. The fraction of sp³-hybridized carbons (Fsp3) is 0.222. The lowest BCUT2D eigenvalue weighted by Gasteiger charge is -2.20. The molecule has 0 unspecified atom stereocenters. The summed E-state index contributed by atoms with van der Waals surface area (Å²) < 4.78 is 12.8. The minimum absolute atomic E-state index is 0.00851. The molecule has 0 aliphatic carbocycles. The molecular weight excluding hydrogens is 295 g/mol. The fourth-order valence-corrected chi connectivity index (χ4v) is 2.12. The van der Waals surface area contributed by atoms with Crippen LogP contribution in [-0.4, -0.2) is 29.8 Å². The van der Waals surface area contributed by atoms with E-state index in [9.17, 15) is 14.0 Å². The Hall–Kier alpha value is -2.69. The monoisotopic (exact) mass is 314 g/mol. The molecule has 0 spiro atoms. The lowest BCUT2D eigenvalue weighted by atomic mass is 10.2. The molecule has 0 saturated carbocycles. The van der Waals surface area contributed by atoms with E-state index in [1.165, 1.54) is 17.0 Å². The van der Waals surface area contributed by atoms with Crippen molar-refractivity contribution in [3.8, 4) is 0 Å². The van der Waals surface area contributed by atoms with Crippen LogP contribution in [0.15, 0.2) is 54.6 Å². The van der Waals surface area contributed by atoms with Gasteiger partial charge in [-0.1, -0.05) is 30.3 Å². The highest BCUT2D eigenvalue weighted by Crippen LogP contribution is 2.05. The van der Waals surface area contributed by atoms with E-state index in [1.807, 2.05) is 13.0 Å². The van der Waals surface area contributed by atoms with E-state index in [0.29, 0.717) is 18.7 Å². The van der Waals surface area contributed by atoms with Crippen LogP contribution in [-0.2, 0) is 11.3 Å².